The van der Waals surface area contributed by atoms with Gasteiger partial charge < -0.3 is 10.1 Å². The van der Waals surface area contributed by atoms with Crippen molar-refractivity contribution in [3.63, 3.8) is 0 Å². The highest BCUT2D eigenvalue weighted by Gasteiger charge is 2.30. The largest absolute Gasteiger partial charge is 0.478 e. The van der Waals surface area contributed by atoms with E-state index in [1.165, 1.54) is 4.68 Å². The second-order valence-electron chi connectivity index (χ2n) is 7.26. The van der Waals surface area contributed by atoms with E-state index in [9.17, 15) is 9.59 Å². The summed E-state index contributed by atoms with van der Waals surface area (Å²) >= 11 is 0. The minimum Gasteiger partial charge on any atom is -0.478 e. The van der Waals surface area contributed by atoms with Crippen LogP contribution in [0.5, 0.6) is 5.75 Å². The van der Waals surface area contributed by atoms with Crippen molar-refractivity contribution in [2.45, 2.75) is 12.5 Å². The Balaban J connectivity index is 1.46. The number of carbonyl (C=O) groups is 2. The van der Waals surface area contributed by atoms with Crippen molar-refractivity contribution in [3.05, 3.63) is 91.1 Å². The summed E-state index contributed by atoms with van der Waals surface area (Å²) in [6, 6.07) is 26.7. The van der Waals surface area contributed by atoms with Gasteiger partial charge in [-0.05, 0) is 17.7 Å². The minimum atomic E-state index is -0.910. The van der Waals surface area contributed by atoms with E-state index in [-0.39, 0.29) is 18.2 Å². The third-order valence-electron chi connectivity index (χ3n) is 5.17. The number of nitrogens with one attached hydrogen (secondary N) is 1. The summed E-state index contributed by atoms with van der Waals surface area (Å²) in [5, 5.41) is 7.36. The number of rotatable bonds is 4. The summed E-state index contributed by atoms with van der Waals surface area (Å²) in [6.45, 7) is 0. The Morgan fingerprint density at radius 2 is 1.55 bits per heavy atom. The quantitative estimate of drug-likeness (QED) is 0.533. The highest BCUT2D eigenvalue weighted by atomic mass is 16.5. The topological polar surface area (TPSA) is 73.2 Å². The van der Waals surface area contributed by atoms with Gasteiger partial charge in [0.25, 0.3) is 11.8 Å². The Bertz CT molecular complexity index is 1190. The minimum absolute atomic E-state index is 0.121. The zero-order chi connectivity index (χ0) is 21.2. The lowest BCUT2D eigenvalue weighted by molar-refractivity contribution is -0.123. The van der Waals surface area contributed by atoms with Gasteiger partial charge in [-0.2, -0.15) is 5.10 Å². The standard InChI is InChI=1S/C25H19N3O3/c29-23(15-22-25(30)26-20-13-7-8-14-21(20)31-22)28-16-19(17-9-3-1-4-10-17)24(27-28)18-11-5-2-6-12-18/h1-14,16,22H,15H2,(H,26,30). The smallest absolute Gasteiger partial charge is 0.266 e. The van der Waals surface area contributed by atoms with Gasteiger partial charge in [-0.15, -0.1) is 0 Å². The molecule has 6 heteroatoms. The van der Waals surface area contributed by atoms with E-state index >= 15 is 0 Å². The lowest BCUT2D eigenvalue weighted by Gasteiger charge is -2.25. The molecule has 1 atom stereocenters. The van der Waals surface area contributed by atoms with E-state index in [1.54, 1.807) is 18.3 Å². The number of anilines is 1. The molecule has 1 aliphatic rings. The van der Waals surface area contributed by atoms with Crippen LogP contribution < -0.4 is 10.1 Å². The van der Waals surface area contributed by atoms with Crippen LogP contribution in [-0.4, -0.2) is 27.7 Å². The summed E-state index contributed by atoms with van der Waals surface area (Å²) in [5.74, 6) is -0.111. The second kappa shape index (κ2) is 7.91. The summed E-state index contributed by atoms with van der Waals surface area (Å²) in [6.07, 6.45) is 0.686. The van der Waals surface area contributed by atoms with E-state index < -0.39 is 6.10 Å². The van der Waals surface area contributed by atoms with Gasteiger partial charge in [0.2, 0.25) is 0 Å². The first-order valence-electron chi connectivity index (χ1n) is 9.99. The fourth-order valence-corrected chi connectivity index (χ4v) is 3.62. The molecule has 4 aromatic rings. The molecular weight excluding hydrogens is 390 g/mol. The number of carbonyl (C=O) groups excluding carboxylic acids is 2. The van der Waals surface area contributed by atoms with Crippen molar-refractivity contribution >= 4 is 17.5 Å². The van der Waals surface area contributed by atoms with Crippen molar-refractivity contribution in [1.29, 1.82) is 0 Å². The normalized spacial score (nSPS) is 15.0. The van der Waals surface area contributed by atoms with Crippen molar-refractivity contribution in [2.75, 3.05) is 5.32 Å². The Morgan fingerprint density at radius 1 is 0.903 bits per heavy atom. The molecule has 1 amide bonds. The van der Waals surface area contributed by atoms with Crippen molar-refractivity contribution in [2.24, 2.45) is 0 Å². The van der Waals surface area contributed by atoms with Crippen LogP contribution in [0, 0.1) is 0 Å². The SMILES string of the molecule is O=C1Nc2ccccc2OC1CC(=O)n1cc(-c2ccccc2)c(-c2ccccc2)n1. The number of benzene rings is 3. The zero-order valence-electron chi connectivity index (χ0n) is 16.6. The highest BCUT2D eigenvalue weighted by Crippen LogP contribution is 2.32. The first-order valence-corrected chi connectivity index (χ1v) is 9.99. The molecule has 152 valence electrons. The molecule has 0 fully saturated rings. The summed E-state index contributed by atoms with van der Waals surface area (Å²) < 4.78 is 7.08. The zero-order valence-corrected chi connectivity index (χ0v) is 16.6. The van der Waals surface area contributed by atoms with E-state index in [2.05, 4.69) is 10.4 Å². The average Bonchev–Trinajstić information content (AvgIpc) is 3.26. The van der Waals surface area contributed by atoms with Gasteiger partial charge in [0.05, 0.1) is 12.1 Å². The van der Waals surface area contributed by atoms with E-state index in [0.29, 0.717) is 17.1 Å². The van der Waals surface area contributed by atoms with Gasteiger partial charge >= 0.3 is 0 Å². The maximum absolute atomic E-state index is 13.0. The average molecular weight is 409 g/mol. The Labute approximate surface area is 179 Å². The Hall–Kier alpha value is -4.19. The maximum atomic E-state index is 13.0. The predicted octanol–water partition coefficient (Wildman–Crippen LogP) is 4.65. The molecule has 0 radical (unpaired) electrons. The fourth-order valence-electron chi connectivity index (χ4n) is 3.62. The van der Waals surface area contributed by atoms with E-state index in [4.69, 9.17) is 4.74 Å². The number of ether oxygens (including phenoxy) is 1. The summed E-state index contributed by atoms with van der Waals surface area (Å²) in [5.41, 5.74) is 4.03. The Kier molecular flexibility index (Phi) is 4.80. The van der Waals surface area contributed by atoms with Crippen LogP contribution >= 0.6 is 0 Å². The first kappa shape index (κ1) is 18.8. The highest BCUT2D eigenvalue weighted by molar-refractivity contribution is 6.00. The predicted molar refractivity (Wildman–Crippen MR) is 118 cm³/mol. The molecule has 5 rings (SSSR count). The fraction of sp³-hybridized carbons (Fsp3) is 0.0800. The molecule has 31 heavy (non-hydrogen) atoms. The monoisotopic (exact) mass is 409 g/mol. The lowest BCUT2D eigenvalue weighted by atomic mass is 10.0. The molecule has 2 heterocycles. The van der Waals surface area contributed by atoms with Crippen molar-refractivity contribution in [1.82, 2.24) is 9.78 Å². The van der Waals surface area contributed by atoms with Gasteiger partial charge in [-0.1, -0.05) is 72.8 Å². The molecule has 6 nitrogen and oxygen atoms in total. The lowest BCUT2D eigenvalue weighted by Crippen LogP contribution is -2.39. The molecule has 0 saturated heterocycles. The van der Waals surface area contributed by atoms with Gasteiger partial charge in [0, 0.05) is 17.3 Å². The van der Waals surface area contributed by atoms with Crippen molar-refractivity contribution < 1.29 is 14.3 Å². The number of nitrogens with zero attached hydrogens (tertiary/aromatic N) is 2. The number of fused-ring (bicyclic) bond motifs is 1. The third-order valence-corrected chi connectivity index (χ3v) is 5.17. The van der Waals surface area contributed by atoms with Crippen LogP contribution in [-0.2, 0) is 4.79 Å². The van der Waals surface area contributed by atoms with Gasteiger partial charge in [0.15, 0.2) is 6.10 Å². The number of para-hydroxylation sites is 2. The van der Waals surface area contributed by atoms with Crippen LogP contribution in [0.1, 0.15) is 11.2 Å². The van der Waals surface area contributed by atoms with Crippen LogP contribution in [0.15, 0.2) is 91.1 Å². The molecule has 1 N–H and O–H groups in total. The number of aromatic nitrogens is 2. The molecule has 1 aromatic heterocycles. The van der Waals surface area contributed by atoms with Crippen LogP contribution in [0.4, 0.5) is 5.69 Å². The number of hydrogen-bond acceptors (Lipinski definition) is 4. The maximum Gasteiger partial charge on any atom is 0.266 e. The number of amides is 1. The van der Waals surface area contributed by atoms with E-state index in [1.807, 2.05) is 72.8 Å². The Morgan fingerprint density at radius 3 is 2.29 bits per heavy atom. The van der Waals surface area contributed by atoms with Crippen molar-refractivity contribution in [3.8, 4) is 28.1 Å². The molecule has 0 aliphatic carbocycles. The van der Waals surface area contributed by atoms with Crippen LogP contribution in [0.2, 0.25) is 0 Å². The summed E-state index contributed by atoms with van der Waals surface area (Å²) in [7, 11) is 0. The van der Waals surface area contributed by atoms with Gasteiger partial charge in [-0.3, -0.25) is 9.59 Å². The first-order chi connectivity index (χ1) is 15.2. The second-order valence-corrected chi connectivity index (χ2v) is 7.26. The van der Waals surface area contributed by atoms with Gasteiger partial charge in [-0.25, -0.2) is 4.68 Å². The molecule has 0 bridgehead atoms. The molecule has 3 aromatic carbocycles. The summed E-state index contributed by atoms with van der Waals surface area (Å²) in [4.78, 5) is 25.5. The van der Waals surface area contributed by atoms with Crippen LogP contribution in [0.25, 0.3) is 22.4 Å². The number of hydrogen-bond donors (Lipinski definition) is 1. The molecule has 1 aliphatic heterocycles. The molecule has 0 spiro atoms. The van der Waals surface area contributed by atoms with Crippen LogP contribution in [0.3, 0.4) is 0 Å². The molecular formula is C25H19N3O3. The molecule has 1 unspecified atom stereocenters. The van der Waals surface area contributed by atoms with E-state index in [0.717, 1.165) is 16.7 Å². The molecule has 0 saturated carbocycles. The third kappa shape index (κ3) is 3.71. The van der Waals surface area contributed by atoms with Gasteiger partial charge in [0.1, 0.15) is 11.4 Å².